The van der Waals surface area contributed by atoms with Crippen molar-refractivity contribution >= 4 is 16.0 Å². The Balaban J connectivity index is 0.000000396. The Morgan fingerprint density at radius 3 is 2.53 bits per heavy atom. The molecule has 30 heavy (non-hydrogen) atoms. The molecule has 0 aliphatic carbocycles. The first-order valence-corrected chi connectivity index (χ1v) is 10.8. The molecule has 0 saturated carbocycles. The van der Waals surface area contributed by atoms with Gasteiger partial charge in [0.2, 0.25) is 10.0 Å². The molecule has 0 bridgehead atoms. The summed E-state index contributed by atoms with van der Waals surface area (Å²) >= 11 is 0. The van der Waals surface area contributed by atoms with Crippen LogP contribution in [0.25, 0.3) is 0 Å². The molecule has 0 amide bonds. The van der Waals surface area contributed by atoms with Gasteiger partial charge in [-0.05, 0) is 32.4 Å². The minimum absolute atomic E-state index is 0.241. The van der Waals surface area contributed by atoms with E-state index in [1.54, 1.807) is 20.0 Å². The molecule has 3 heterocycles. The summed E-state index contributed by atoms with van der Waals surface area (Å²) in [7, 11) is -3.19. The molecule has 1 unspecified atom stereocenters. The highest BCUT2D eigenvalue weighted by atomic mass is 32.2. The Bertz CT molecular complexity index is 811. The third-order valence-corrected chi connectivity index (χ3v) is 7.15. The van der Waals surface area contributed by atoms with Gasteiger partial charge in [-0.3, -0.25) is 4.98 Å². The number of hydrogen-bond donors (Lipinski definition) is 1. The Labute approximate surface area is 173 Å². The van der Waals surface area contributed by atoms with Crippen LogP contribution in [0.5, 0.6) is 0 Å². The highest BCUT2D eigenvalue weighted by molar-refractivity contribution is 7.89. The molecule has 0 radical (unpaired) electrons. The number of aliphatic carboxylic acids is 1. The van der Waals surface area contributed by atoms with Crippen LogP contribution in [0, 0.1) is 5.92 Å². The minimum atomic E-state index is -5.08. The number of carboxylic acids is 1. The van der Waals surface area contributed by atoms with E-state index in [0.29, 0.717) is 32.9 Å². The van der Waals surface area contributed by atoms with Gasteiger partial charge >= 0.3 is 12.1 Å². The Morgan fingerprint density at radius 2 is 2.03 bits per heavy atom. The predicted molar refractivity (Wildman–Crippen MR) is 100 cm³/mol. The van der Waals surface area contributed by atoms with E-state index in [0.717, 1.165) is 12.1 Å². The third-order valence-electron chi connectivity index (χ3n) is 4.98. The van der Waals surface area contributed by atoms with Gasteiger partial charge in [-0.25, -0.2) is 13.2 Å². The molecule has 170 valence electrons. The molecule has 1 N–H and O–H groups in total. The average Bonchev–Trinajstić information content (AvgIpc) is 3.05. The number of pyridine rings is 1. The number of aromatic nitrogens is 1. The van der Waals surface area contributed by atoms with Crippen LogP contribution in [0.2, 0.25) is 0 Å². The molecule has 0 aromatic carbocycles. The lowest BCUT2D eigenvalue weighted by Crippen LogP contribution is -2.67. The van der Waals surface area contributed by atoms with Crippen LogP contribution in [0.4, 0.5) is 13.2 Å². The molecule has 1 aromatic rings. The maximum atomic E-state index is 12.2. The standard InChI is InChI=1S/C16H24N2O4S.C2HF3O2/c1-13(2)23(19,20)18-11-16(12-18)14(6-8-22-16)9-21-10-15-5-3-4-7-17-15;3-2(4,5)1(6)7/h3-5,7,13-14H,6,8-12H2,1-2H3;(H,6,7). The maximum absolute atomic E-state index is 12.2. The van der Waals surface area contributed by atoms with Crippen molar-refractivity contribution < 1.29 is 41.0 Å². The molecular weight excluding hydrogens is 429 g/mol. The Hall–Kier alpha value is -1.76. The van der Waals surface area contributed by atoms with Gasteiger partial charge in [0.05, 0.1) is 24.2 Å². The number of carboxylic acid groups (broad SMARTS) is 1. The number of hydrogen-bond acceptors (Lipinski definition) is 6. The summed E-state index contributed by atoms with van der Waals surface area (Å²) in [6.45, 7) is 6.05. The number of carbonyl (C=O) groups is 1. The first-order chi connectivity index (χ1) is 13.9. The van der Waals surface area contributed by atoms with Crippen molar-refractivity contribution in [3.05, 3.63) is 30.1 Å². The summed E-state index contributed by atoms with van der Waals surface area (Å²) in [6.07, 6.45) is -2.42. The molecule has 2 saturated heterocycles. The molecule has 2 aliphatic rings. The van der Waals surface area contributed by atoms with Gasteiger partial charge in [0, 0.05) is 31.8 Å². The van der Waals surface area contributed by atoms with Gasteiger partial charge < -0.3 is 14.6 Å². The van der Waals surface area contributed by atoms with Crippen molar-refractivity contribution in [3.8, 4) is 0 Å². The lowest BCUT2D eigenvalue weighted by atomic mass is 9.83. The van der Waals surface area contributed by atoms with Crippen LogP contribution in [0.3, 0.4) is 0 Å². The summed E-state index contributed by atoms with van der Waals surface area (Å²) in [4.78, 5) is 13.1. The number of nitrogens with zero attached hydrogens (tertiary/aromatic N) is 2. The lowest BCUT2D eigenvalue weighted by Gasteiger charge is -2.49. The quantitative estimate of drug-likeness (QED) is 0.701. The van der Waals surface area contributed by atoms with Gasteiger partial charge in [-0.1, -0.05) is 6.07 Å². The van der Waals surface area contributed by atoms with E-state index in [2.05, 4.69) is 4.98 Å². The van der Waals surface area contributed by atoms with Crippen LogP contribution >= 0.6 is 0 Å². The fraction of sp³-hybridized carbons (Fsp3) is 0.667. The SMILES string of the molecule is CC(C)S(=O)(=O)N1CC2(C1)OCCC2COCc1ccccn1.O=C(O)C(F)(F)F. The zero-order valence-electron chi connectivity index (χ0n) is 16.6. The molecule has 2 aliphatic heterocycles. The highest BCUT2D eigenvalue weighted by Gasteiger charge is 2.56. The number of sulfonamides is 1. The summed E-state index contributed by atoms with van der Waals surface area (Å²) in [6, 6.07) is 5.75. The molecule has 1 atom stereocenters. The van der Waals surface area contributed by atoms with Crippen molar-refractivity contribution in [3.63, 3.8) is 0 Å². The summed E-state index contributed by atoms with van der Waals surface area (Å²) < 4.78 is 69.3. The molecular formula is C18H25F3N2O6S. The topological polar surface area (TPSA) is 106 Å². The second kappa shape index (κ2) is 9.58. The van der Waals surface area contributed by atoms with Crippen molar-refractivity contribution in [2.24, 2.45) is 5.92 Å². The van der Waals surface area contributed by atoms with Gasteiger partial charge in [-0.2, -0.15) is 17.5 Å². The van der Waals surface area contributed by atoms with E-state index in [1.165, 1.54) is 4.31 Å². The number of ether oxygens (including phenoxy) is 2. The van der Waals surface area contributed by atoms with Crippen LogP contribution < -0.4 is 0 Å². The molecule has 8 nitrogen and oxygen atoms in total. The third kappa shape index (κ3) is 5.90. The fourth-order valence-electron chi connectivity index (χ4n) is 3.19. The summed E-state index contributed by atoms with van der Waals surface area (Å²) in [5.41, 5.74) is 0.546. The number of rotatable bonds is 6. The van der Waals surface area contributed by atoms with Gasteiger partial charge in [0.25, 0.3) is 0 Å². The Kier molecular flexibility index (Phi) is 7.83. The monoisotopic (exact) mass is 454 g/mol. The van der Waals surface area contributed by atoms with Gasteiger partial charge in [-0.15, -0.1) is 0 Å². The van der Waals surface area contributed by atoms with Gasteiger partial charge in [0.1, 0.15) is 5.60 Å². The first-order valence-electron chi connectivity index (χ1n) is 9.29. The lowest BCUT2D eigenvalue weighted by molar-refractivity contribution is -0.192. The summed E-state index contributed by atoms with van der Waals surface area (Å²) in [5, 5.41) is 6.74. The Morgan fingerprint density at radius 1 is 1.40 bits per heavy atom. The van der Waals surface area contributed by atoms with Crippen molar-refractivity contribution in [2.45, 2.75) is 43.9 Å². The second-order valence-corrected chi connectivity index (χ2v) is 9.89. The van der Waals surface area contributed by atoms with Crippen LogP contribution in [-0.4, -0.2) is 72.1 Å². The number of halogens is 3. The average molecular weight is 454 g/mol. The molecule has 12 heteroatoms. The van der Waals surface area contributed by atoms with Crippen molar-refractivity contribution in [2.75, 3.05) is 26.3 Å². The molecule has 3 rings (SSSR count). The normalized spacial score (nSPS) is 21.2. The molecule has 2 fully saturated rings. The zero-order chi connectivity index (χ0) is 22.6. The van der Waals surface area contributed by atoms with E-state index in [4.69, 9.17) is 19.4 Å². The van der Waals surface area contributed by atoms with Crippen molar-refractivity contribution in [1.29, 1.82) is 0 Å². The second-order valence-electron chi connectivity index (χ2n) is 7.40. The van der Waals surface area contributed by atoms with Crippen molar-refractivity contribution in [1.82, 2.24) is 9.29 Å². The smallest absolute Gasteiger partial charge is 0.475 e. The molecule has 1 spiro atoms. The minimum Gasteiger partial charge on any atom is -0.475 e. The summed E-state index contributed by atoms with van der Waals surface area (Å²) in [5.74, 6) is -2.52. The highest BCUT2D eigenvalue weighted by Crippen LogP contribution is 2.41. The fourth-order valence-corrected chi connectivity index (χ4v) is 4.58. The predicted octanol–water partition coefficient (Wildman–Crippen LogP) is 2.06. The van der Waals surface area contributed by atoms with Gasteiger partial charge in [0.15, 0.2) is 0 Å². The van der Waals surface area contributed by atoms with E-state index in [1.807, 2.05) is 18.2 Å². The zero-order valence-corrected chi connectivity index (χ0v) is 17.4. The maximum Gasteiger partial charge on any atom is 0.490 e. The van der Waals surface area contributed by atoms with Crippen LogP contribution in [-0.2, 0) is 30.9 Å². The first kappa shape index (κ1) is 24.5. The van der Waals surface area contributed by atoms with E-state index in [-0.39, 0.29) is 16.8 Å². The van der Waals surface area contributed by atoms with Crippen LogP contribution in [0.15, 0.2) is 24.4 Å². The van der Waals surface area contributed by atoms with E-state index in [9.17, 15) is 21.6 Å². The largest absolute Gasteiger partial charge is 0.490 e. The van der Waals surface area contributed by atoms with E-state index >= 15 is 0 Å². The van der Waals surface area contributed by atoms with Crippen LogP contribution in [0.1, 0.15) is 26.0 Å². The number of alkyl halides is 3. The molecule has 1 aromatic heterocycles. The van der Waals surface area contributed by atoms with E-state index < -0.39 is 22.2 Å².